The fourth-order valence-electron chi connectivity index (χ4n) is 3.57. The van der Waals surface area contributed by atoms with E-state index in [0.29, 0.717) is 40.2 Å². The average molecular weight is 527 g/mol. The standard InChI is InChI=1S/C26H24Cl2N4O2S/c1-3-35-32(16-34-2)20-8-6-17(13-18(27)14-20)26(33)30-19-7-9-22(28)21(15-19)23-10-11-24-25(31-23)5-4-12-29-24/h4-12,14-15H,3,13,16H2,1-2H3,(H,30,33). The number of fused-ring (bicyclic) bond motifs is 1. The third kappa shape index (κ3) is 6.24. The molecule has 0 unspecified atom stereocenters. The van der Waals surface area contributed by atoms with Gasteiger partial charge in [0.1, 0.15) is 6.73 Å². The van der Waals surface area contributed by atoms with Crippen LogP contribution in [0.5, 0.6) is 0 Å². The fourth-order valence-corrected chi connectivity index (χ4v) is 4.80. The maximum Gasteiger partial charge on any atom is 0.251 e. The summed E-state index contributed by atoms with van der Waals surface area (Å²) in [5.41, 5.74) is 5.02. The molecule has 0 atom stereocenters. The van der Waals surface area contributed by atoms with Crippen LogP contribution in [0.4, 0.5) is 5.69 Å². The molecule has 1 aliphatic rings. The van der Waals surface area contributed by atoms with Crippen LogP contribution in [-0.4, -0.2) is 39.8 Å². The van der Waals surface area contributed by atoms with E-state index in [4.69, 9.17) is 27.9 Å². The van der Waals surface area contributed by atoms with Crippen molar-refractivity contribution in [3.63, 3.8) is 0 Å². The molecule has 0 bridgehead atoms. The SMILES string of the molecule is CCSN(COC)C1=CC=C(C(=O)Nc2ccc(Cl)c(-c3ccc4ncccc4n3)c2)CC(Cl)=C1. The van der Waals surface area contributed by atoms with Gasteiger partial charge in [0.25, 0.3) is 5.91 Å². The summed E-state index contributed by atoms with van der Waals surface area (Å²) in [5.74, 6) is 0.643. The van der Waals surface area contributed by atoms with E-state index >= 15 is 0 Å². The third-order valence-corrected chi connectivity index (χ3v) is 6.64. The topological polar surface area (TPSA) is 67.3 Å². The van der Waals surface area contributed by atoms with Crippen LogP contribution in [0.1, 0.15) is 13.3 Å². The molecular formula is C26H24Cl2N4O2S. The summed E-state index contributed by atoms with van der Waals surface area (Å²) in [7, 11) is 1.64. The van der Waals surface area contributed by atoms with Gasteiger partial charge in [0.2, 0.25) is 0 Å². The van der Waals surface area contributed by atoms with Crippen LogP contribution >= 0.6 is 35.1 Å². The number of amides is 1. The van der Waals surface area contributed by atoms with Crippen molar-refractivity contribution in [2.45, 2.75) is 13.3 Å². The molecule has 35 heavy (non-hydrogen) atoms. The minimum Gasteiger partial charge on any atom is -0.363 e. The quantitative estimate of drug-likeness (QED) is 0.257. The molecule has 0 saturated heterocycles. The molecule has 180 valence electrons. The minimum absolute atomic E-state index is 0.237. The maximum atomic E-state index is 13.1. The number of halogens is 2. The molecule has 1 N–H and O–H groups in total. The van der Waals surface area contributed by atoms with Crippen LogP contribution in [0.25, 0.3) is 22.3 Å². The first kappa shape index (κ1) is 25.3. The first-order chi connectivity index (χ1) is 17.0. The number of ether oxygens (including phenoxy) is 1. The molecule has 0 aliphatic heterocycles. The van der Waals surface area contributed by atoms with Crippen LogP contribution in [-0.2, 0) is 9.53 Å². The van der Waals surface area contributed by atoms with Gasteiger partial charge in [-0.2, -0.15) is 0 Å². The van der Waals surface area contributed by atoms with Crippen LogP contribution in [0.2, 0.25) is 5.02 Å². The molecule has 0 saturated carbocycles. The Labute approximate surface area is 218 Å². The number of nitrogens with one attached hydrogen (secondary N) is 1. The number of methoxy groups -OCH3 is 1. The van der Waals surface area contributed by atoms with Crippen molar-refractivity contribution < 1.29 is 9.53 Å². The Morgan fingerprint density at radius 1 is 1.17 bits per heavy atom. The summed E-state index contributed by atoms with van der Waals surface area (Å²) in [6, 6.07) is 12.8. The van der Waals surface area contributed by atoms with Gasteiger partial charge in [-0.1, -0.05) is 36.2 Å². The van der Waals surface area contributed by atoms with E-state index in [1.54, 1.807) is 43.5 Å². The number of benzene rings is 1. The van der Waals surface area contributed by atoms with Gasteiger partial charge in [-0.25, -0.2) is 4.98 Å². The van der Waals surface area contributed by atoms with Crippen LogP contribution in [0.3, 0.4) is 0 Å². The highest BCUT2D eigenvalue weighted by Crippen LogP contribution is 2.31. The number of anilines is 1. The highest BCUT2D eigenvalue weighted by Gasteiger charge is 2.17. The van der Waals surface area contributed by atoms with Gasteiger partial charge < -0.3 is 10.1 Å². The van der Waals surface area contributed by atoms with Gasteiger partial charge >= 0.3 is 0 Å². The average Bonchev–Trinajstić information content (AvgIpc) is 3.06. The summed E-state index contributed by atoms with van der Waals surface area (Å²) in [4.78, 5) is 22.1. The Balaban J connectivity index is 1.57. The van der Waals surface area contributed by atoms with Crippen LogP contribution in [0.15, 0.2) is 83.2 Å². The zero-order valence-corrected chi connectivity index (χ0v) is 21.6. The second-order valence-electron chi connectivity index (χ2n) is 7.65. The number of hydrogen-bond acceptors (Lipinski definition) is 6. The smallest absolute Gasteiger partial charge is 0.251 e. The molecule has 1 amide bonds. The molecule has 4 rings (SSSR count). The van der Waals surface area contributed by atoms with Crippen molar-refractivity contribution in [3.05, 3.63) is 88.2 Å². The summed E-state index contributed by atoms with van der Waals surface area (Å²) >= 11 is 14.6. The van der Waals surface area contributed by atoms with Gasteiger partial charge in [-0.3, -0.25) is 14.1 Å². The van der Waals surface area contributed by atoms with Crippen LogP contribution in [0, 0.1) is 0 Å². The lowest BCUT2D eigenvalue weighted by Crippen LogP contribution is -2.17. The Bertz CT molecular complexity index is 1330. The van der Waals surface area contributed by atoms with Gasteiger partial charge in [-0.15, -0.1) is 0 Å². The molecular weight excluding hydrogens is 503 g/mol. The van der Waals surface area contributed by atoms with Crippen LogP contribution < -0.4 is 5.32 Å². The lowest BCUT2D eigenvalue weighted by Gasteiger charge is -2.22. The number of allylic oxidation sites excluding steroid dienone is 4. The van der Waals surface area contributed by atoms with Crippen molar-refractivity contribution in [2.75, 3.05) is 24.9 Å². The first-order valence-electron chi connectivity index (χ1n) is 11.0. The number of aromatic nitrogens is 2. The molecule has 9 heteroatoms. The summed E-state index contributed by atoms with van der Waals surface area (Å²) in [5, 5.41) is 4.07. The lowest BCUT2D eigenvalue weighted by molar-refractivity contribution is -0.112. The fraction of sp³-hybridized carbons (Fsp3) is 0.192. The summed E-state index contributed by atoms with van der Waals surface area (Å²) < 4.78 is 7.29. The third-order valence-electron chi connectivity index (χ3n) is 5.19. The first-order valence-corrected chi connectivity index (χ1v) is 12.7. The van der Waals surface area contributed by atoms with E-state index in [-0.39, 0.29) is 5.91 Å². The monoisotopic (exact) mass is 526 g/mol. The predicted octanol–water partition coefficient (Wildman–Crippen LogP) is 6.80. The number of nitrogens with zero attached hydrogens (tertiary/aromatic N) is 3. The van der Waals surface area contributed by atoms with E-state index in [1.165, 1.54) is 0 Å². The zero-order chi connectivity index (χ0) is 24.8. The molecule has 2 heterocycles. The zero-order valence-electron chi connectivity index (χ0n) is 19.3. The molecule has 0 spiro atoms. The van der Waals surface area contributed by atoms with Gasteiger partial charge in [0.15, 0.2) is 0 Å². The van der Waals surface area contributed by atoms with E-state index in [0.717, 1.165) is 28.0 Å². The number of carbonyl (C=O) groups is 1. The van der Waals surface area contributed by atoms with E-state index in [1.807, 2.05) is 46.8 Å². The molecule has 0 radical (unpaired) electrons. The molecule has 1 aromatic carbocycles. The predicted molar refractivity (Wildman–Crippen MR) is 145 cm³/mol. The maximum absolute atomic E-state index is 13.1. The van der Waals surface area contributed by atoms with Crippen molar-refractivity contribution in [1.29, 1.82) is 0 Å². The molecule has 2 aromatic heterocycles. The van der Waals surface area contributed by atoms with Gasteiger partial charge in [0, 0.05) is 47.3 Å². The number of hydrogen-bond donors (Lipinski definition) is 1. The minimum atomic E-state index is -0.237. The molecule has 1 aliphatic carbocycles. The second kappa shape index (κ2) is 11.7. The lowest BCUT2D eigenvalue weighted by atomic mass is 10.1. The molecule has 6 nitrogen and oxygen atoms in total. The largest absolute Gasteiger partial charge is 0.363 e. The molecule has 0 fully saturated rings. The Morgan fingerprint density at radius 3 is 2.83 bits per heavy atom. The van der Waals surface area contributed by atoms with Gasteiger partial charge in [0.05, 0.1) is 27.4 Å². The van der Waals surface area contributed by atoms with Gasteiger partial charge in [-0.05, 0) is 66.6 Å². The second-order valence-corrected chi connectivity index (χ2v) is 9.82. The van der Waals surface area contributed by atoms with Crippen molar-refractivity contribution in [2.24, 2.45) is 0 Å². The molecule has 3 aromatic rings. The highest BCUT2D eigenvalue weighted by molar-refractivity contribution is 7.97. The summed E-state index contributed by atoms with van der Waals surface area (Å²) in [6.07, 6.45) is 7.59. The Hall–Kier alpha value is -2.84. The van der Waals surface area contributed by atoms with Crippen molar-refractivity contribution >= 4 is 57.8 Å². The number of carbonyl (C=O) groups excluding carboxylic acids is 1. The number of rotatable bonds is 8. The normalized spacial score (nSPS) is 13.5. The Morgan fingerprint density at radius 2 is 2.03 bits per heavy atom. The highest BCUT2D eigenvalue weighted by atomic mass is 35.5. The van der Waals surface area contributed by atoms with E-state index in [2.05, 4.69) is 22.2 Å². The number of pyridine rings is 2. The summed E-state index contributed by atoms with van der Waals surface area (Å²) in [6.45, 7) is 2.47. The van der Waals surface area contributed by atoms with E-state index in [9.17, 15) is 4.79 Å². The van der Waals surface area contributed by atoms with Crippen molar-refractivity contribution in [1.82, 2.24) is 14.3 Å². The van der Waals surface area contributed by atoms with E-state index < -0.39 is 0 Å². The van der Waals surface area contributed by atoms with Crippen molar-refractivity contribution in [3.8, 4) is 11.3 Å². The Kier molecular flexibility index (Phi) is 8.46.